The van der Waals surface area contributed by atoms with Crippen LogP contribution >= 0.6 is 0 Å². The van der Waals surface area contributed by atoms with Crippen LogP contribution in [0.1, 0.15) is 105 Å². The number of unbranched alkanes of at least 4 members (excludes halogenated alkanes) is 6. The van der Waals surface area contributed by atoms with Crippen molar-refractivity contribution in [1.29, 1.82) is 0 Å². The van der Waals surface area contributed by atoms with Gasteiger partial charge in [-0.1, -0.05) is 72.3 Å². The molecule has 1 rings (SSSR count). The van der Waals surface area contributed by atoms with Crippen molar-refractivity contribution in [3.8, 4) is 0 Å². The largest absolute Gasteiger partial charge is 0.462 e. The molecule has 0 N–H and O–H groups in total. The van der Waals surface area contributed by atoms with Crippen molar-refractivity contribution >= 4 is 11.9 Å². The molecule has 0 fully saturated rings. The zero-order chi connectivity index (χ0) is 20.8. The van der Waals surface area contributed by atoms with E-state index in [1.54, 1.807) is 12.1 Å². The maximum atomic E-state index is 12.6. The molecule has 0 aromatic heterocycles. The highest BCUT2D eigenvalue weighted by molar-refractivity contribution is 6.03. The molecule has 0 saturated carbocycles. The molecule has 1 aromatic rings. The van der Waals surface area contributed by atoms with Gasteiger partial charge >= 0.3 is 11.9 Å². The summed E-state index contributed by atoms with van der Waals surface area (Å²) in [6.07, 6.45) is 9.19. The van der Waals surface area contributed by atoms with Crippen LogP contribution in [-0.4, -0.2) is 25.2 Å². The third-order valence-corrected chi connectivity index (χ3v) is 4.63. The van der Waals surface area contributed by atoms with Crippen LogP contribution in [0.25, 0.3) is 0 Å². The molecule has 0 heterocycles. The molecule has 0 unspecified atom stereocenters. The number of rotatable bonds is 14. The van der Waals surface area contributed by atoms with Gasteiger partial charge in [0.05, 0.1) is 24.3 Å². The fraction of sp³-hybridized carbons (Fsp3) is 0.667. The number of carbonyl (C=O) groups excluding carboxylic acids is 2. The summed E-state index contributed by atoms with van der Waals surface area (Å²) in [5.41, 5.74) is 1.67. The lowest BCUT2D eigenvalue weighted by molar-refractivity contribution is 0.0450. The number of ether oxygens (including phenoxy) is 2. The monoisotopic (exact) mass is 390 g/mol. The lowest BCUT2D eigenvalue weighted by Crippen LogP contribution is -2.16. The molecule has 28 heavy (non-hydrogen) atoms. The predicted molar refractivity (Wildman–Crippen MR) is 114 cm³/mol. The Morgan fingerprint density at radius 1 is 0.786 bits per heavy atom. The molecule has 158 valence electrons. The third kappa shape index (κ3) is 9.38. The first-order valence-corrected chi connectivity index (χ1v) is 11.0. The molecule has 0 bridgehead atoms. The van der Waals surface area contributed by atoms with Gasteiger partial charge < -0.3 is 9.47 Å². The Morgan fingerprint density at radius 2 is 1.32 bits per heavy atom. The molecule has 0 saturated heterocycles. The number of esters is 2. The van der Waals surface area contributed by atoms with Gasteiger partial charge in [-0.25, -0.2) is 9.59 Å². The van der Waals surface area contributed by atoms with Gasteiger partial charge in [0.15, 0.2) is 0 Å². The van der Waals surface area contributed by atoms with Crippen molar-refractivity contribution in [3.05, 3.63) is 34.9 Å². The van der Waals surface area contributed by atoms with Gasteiger partial charge in [-0.05, 0) is 42.9 Å². The quantitative estimate of drug-likeness (QED) is 0.274. The van der Waals surface area contributed by atoms with Gasteiger partial charge in [0.2, 0.25) is 0 Å². The van der Waals surface area contributed by atoms with E-state index in [1.807, 2.05) is 6.07 Å². The van der Waals surface area contributed by atoms with Crippen molar-refractivity contribution in [2.75, 3.05) is 13.2 Å². The molecule has 0 amide bonds. The predicted octanol–water partition coefficient (Wildman–Crippen LogP) is 6.36. The smallest absolute Gasteiger partial charge is 0.339 e. The first kappa shape index (κ1) is 24.2. The van der Waals surface area contributed by atoms with Crippen molar-refractivity contribution < 1.29 is 19.1 Å². The zero-order valence-corrected chi connectivity index (χ0v) is 18.2. The molecular weight excluding hydrogens is 352 g/mol. The Morgan fingerprint density at radius 3 is 1.82 bits per heavy atom. The Bertz CT molecular complexity index is 592. The highest BCUT2D eigenvalue weighted by atomic mass is 16.5. The van der Waals surface area contributed by atoms with Crippen molar-refractivity contribution in [3.63, 3.8) is 0 Å². The fourth-order valence-corrected chi connectivity index (χ4v) is 3.08. The Balaban J connectivity index is 2.80. The van der Waals surface area contributed by atoms with Gasteiger partial charge in [0, 0.05) is 0 Å². The van der Waals surface area contributed by atoms with E-state index in [4.69, 9.17) is 9.47 Å². The second-order valence-corrected chi connectivity index (χ2v) is 7.87. The van der Waals surface area contributed by atoms with Crippen LogP contribution in [0, 0.1) is 5.92 Å². The van der Waals surface area contributed by atoms with Crippen LogP contribution in [0.2, 0.25) is 0 Å². The van der Waals surface area contributed by atoms with E-state index in [0.717, 1.165) is 63.4 Å². The van der Waals surface area contributed by atoms with Crippen molar-refractivity contribution in [2.45, 2.75) is 85.5 Å². The molecule has 4 heteroatoms. The molecule has 0 spiro atoms. The van der Waals surface area contributed by atoms with E-state index in [2.05, 4.69) is 27.7 Å². The average molecular weight is 391 g/mol. The van der Waals surface area contributed by atoms with Crippen LogP contribution in [-0.2, 0) is 15.9 Å². The number of benzene rings is 1. The molecule has 0 atom stereocenters. The van der Waals surface area contributed by atoms with Crippen molar-refractivity contribution in [2.24, 2.45) is 5.92 Å². The Labute approximate surface area is 171 Å². The van der Waals surface area contributed by atoms with Crippen LogP contribution < -0.4 is 0 Å². The summed E-state index contributed by atoms with van der Waals surface area (Å²) >= 11 is 0. The summed E-state index contributed by atoms with van der Waals surface area (Å²) in [6.45, 7) is 9.32. The Hall–Kier alpha value is -1.84. The van der Waals surface area contributed by atoms with Gasteiger partial charge in [0.25, 0.3) is 0 Å². The van der Waals surface area contributed by atoms with Gasteiger partial charge in [0.1, 0.15) is 0 Å². The molecule has 0 aliphatic heterocycles. The normalized spacial score (nSPS) is 10.9. The van der Waals surface area contributed by atoms with E-state index < -0.39 is 11.9 Å². The minimum absolute atomic E-state index is 0.307. The minimum atomic E-state index is -0.439. The second-order valence-electron chi connectivity index (χ2n) is 7.87. The summed E-state index contributed by atoms with van der Waals surface area (Å²) in [5, 5.41) is 0. The van der Waals surface area contributed by atoms with Crippen LogP contribution in [0.4, 0.5) is 0 Å². The minimum Gasteiger partial charge on any atom is -0.462 e. The molecular formula is C24H38O4. The van der Waals surface area contributed by atoms with E-state index in [9.17, 15) is 9.59 Å². The van der Waals surface area contributed by atoms with Crippen molar-refractivity contribution in [1.82, 2.24) is 0 Å². The molecule has 1 aromatic carbocycles. The van der Waals surface area contributed by atoms with Gasteiger partial charge in [-0.15, -0.1) is 0 Å². The highest BCUT2D eigenvalue weighted by Crippen LogP contribution is 2.18. The second kappa shape index (κ2) is 14.2. The maximum Gasteiger partial charge on any atom is 0.339 e. The van der Waals surface area contributed by atoms with E-state index in [-0.39, 0.29) is 0 Å². The van der Waals surface area contributed by atoms with Crippen LogP contribution in [0.3, 0.4) is 0 Å². The summed E-state index contributed by atoms with van der Waals surface area (Å²) in [7, 11) is 0. The number of carbonyl (C=O) groups is 2. The summed E-state index contributed by atoms with van der Waals surface area (Å²) in [6, 6.07) is 5.41. The molecule has 0 aliphatic carbocycles. The van der Waals surface area contributed by atoms with Crippen LogP contribution in [0.5, 0.6) is 0 Å². The number of hydrogen-bond donors (Lipinski definition) is 0. The first-order valence-electron chi connectivity index (χ1n) is 11.0. The topological polar surface area (TPSA) is 52.6 Å². The lowest BCUT2D eigenvalue weighted by Gasteiger charge is -2.13. The fourth-order valence-electron chi connectivity index (χ4n) is 3.08. The first-order chi connectivity index (χ1) is 13.5. The van der Waals surface area contributed by atoms with Gasteiger partial charge in [-0.2, -0.15) is 0 Å². The third-order valence-electron chi connectivity index (χ3n) is 4.63. The summed E-state index contributed by atoms with van der Waals surface area (Å²) in [4.78, 5) is 25.1. The van der Waals surface area contributed by atoms with E-state index in [0.29, 0.717) is 30.3 Å². The highest BCUT2D eigenvalue weighted by Gasteiger charge is 2.20. The standard InChI is InChI=1S/C24H38O4/c1-5-7-9-11-15-27-23(25)21-14-13-20(17-19(3)4)18-22(21)24(26)28-16-12-10-8-6-2/h13-14,18-19H,5-12,15-17H2,1-4H3. The molecule has 0 radical (unpaired) electrons. The SMILES string of the molecule is CCCCCCOC(=O)c1ccc(CC(C)C)cc1C(=O)OCCCCCC. The number of hydrogen-bond acceptors (Lipinski definition) is 4. The molecule has 4 nitrogen and oxygen atoms in total. The lowest BCUT2D eigenvalue weighted by atomic mass is 9.98. The Kier molecular flexibility index (Phi) is 12.3. The maximum absolute atomic E-state index is 12.6. The van der Waals surface area contributed by atoms with Gasteiger partial charge in [-0.3, -0.25) is 0 Å². The summed E-state index contributed by atoms with van der Waals surface area (Å²) < 4.78 is 10.8. The van der Waals surface area contributed by atoms with E-state index >= 15 is 0 Å². The molecule has 0 aliphatic rings. The zero-order valence-electron chi connectivity index (χ0n) is 18.2. The van der Waals surface area contributed by atoms with Crippen LogP contribution in [0.15, 0.2) is 18.2 Å². The summed E-state index contributed by atoms with van der Waals surface area (Å²) in [5.74, 6) is -0.403. The van der Waals surface area contributed by atoms with E-state index in [1.165, 1.54) is 0 Å². The average Bonchev–Trinajstić information content (AvgIpc) is 2.66.